The first-order valence-electron chi connectivity index (χ1n) is 15.9. The van der Waals surface area contributed by atoms with E-state index in [-0.39, 0.29) is 23.5 Å². The quantitative estimate of drug-likeness (QED) is 0.267. The van der Waals surface area contributed by atoms with Gasteiger partial charge in [-0.3, -0.25) is 9.69 Å². The van der Waals surface area contributed by atoms with Crippen molar-refractivity contribution in [3.8, 4) is 16.9 Å². The standard InChI is InChI=1S/C35H41ClF2N4O4/c1-2-46-32-9-5-8-31(38)29(32)23-41-18-20-42(21-19-41)34(43)33(39-35(44)45)24-12-15-40(16-13-24)17-14-25-22-26(36)10-11-27(25)28-6-3-4-7-30(28)37/h3-11,22,24,33,39H,2,12-21,23H2,1H3,(H,44,45). The van der Waals surface area contributed by atoms with Gasteiger partial charge in [-0.2, -0.15) is 0 Å². The van der Waals surface area contributed by atoms with E-state index < -0.39 is 12.1 Å². The first-order chi connectivity index (χ1) is 22.2. The molecule has 0 radical (unpaired) electrons. The molecule has 0 spiro atoms. The van der Waals surface area contributed by atoms with Crippen molar-refractivity contribution in [2.75, 3.05) is 52.4 Å². The average Bonchev–Trinajstić information content (AvgIpc) is 3.05. The fourth-order valence-corrected chi connectivity index (χ4v) is 6.74. The van der Waals surface area contributed by atoms with Crippen molar-refractivity contribution in [1.29, 1.82) is 0 Å². The molecule has 2 saturated heterocycles. The Morgan fingerprint density at radius 1 is 0.935 bits per heavy atom. The van der Waals surface area contributed by atoms with Gasteiger partial charge in [-0.05, 0) is 86.7 Å². The van der Waals surface area contributed by atoms with Crippen LogP contribution in [0.25, 0.3) is 11.1 Å². The monoisotopic (exact) mass is 654 g/mol. The minimum atomic E-state index is -1.22. The second-order valence-corrected chi connectivity index (χ2v) is 12.3. The van der Waals surface area contributed by atoms with Gasteiger partial charge in [0.15, 0.2) is 0 Å². The Hall–Kier alpha value is -3.73. The summed E-state index contributed by atoms with van der Waals surface area (Å²) >= 11 is 6.30. The predicted octanol–water partition coefficient (Wildman–Crippen LogP) is 5.92. The molecule has 3 aromatic rings. The molecule has 2 aliphatic heterocycles. The Bertz CT molecular complexity index is 1510. The molecule has 5 rings (SSSR count). The van der Waals surface area contributed by atoms with E-state index >= 15 is 0 Å². The number of nitrogens with zero attached hydrogens (tertiary/aromatic N) is 3. The Labute approximate surface area is 273 Å². The summed E-state index contributed by atoms with van der Waals surface area (Å²) in [5.41, 5.74) is 2.82. The molecule has 11 heteroatoms. The van der Waals surface area contributed by atoms with E-state index in [1.54, 1.807) is 35.2 Å². The second kappa shape index (κ2) is 15.7. The van der Waals surface area contributed by atoms with Crippen molar-refractivity contribution in [2.24, 2.45) is 5.92 Å². The zero-order valence-electron chi connectivity index (χ0n) is 26.1. The van der Waals surface area contributed by atoms with Gasteiger partial charge in [-0.1, -0.05) is 41.9 Å². The molecule has 2 fully saturated rings. The predicted molar refractivity (Wildman–Crippen MR) is 174 cm³/mol. The lowest BCUT2D eigenvalue weighted by atomic mass is 9.88. The van der Waals surface area contributed by atoms with Crippen LogP contribution in [0.4, 0.5) is 13.6 Å². The highest BCUT2D eigenvalue weighted by Crippen LogP contribution is 2.30. The molecule has 246 valence electrons. The second-order valence-electron chi connectivity index (χ2n) is 11.9. The van der Waals surface area contributed by atoms with Gasteiger partial charge in [0, 0.05) is 55.4 Å². The van der Waals surface area contributed by atoms with Crippen LogP contribution in [0, 0.1) is 17.6 Å². The van der Waals surface area contributed by atoms with Gasteiger partial charge in [-0.15, -0.1) is 0 Å². The van der Waals surface area contributed by atoms with E-state index in [0.29, 0.717) is 93.6 Å². The maximum atomic E-state index is 14.6. The molecule has 1 atom stereocenters. The van der Waals surface area contributed by atoms with Gasteiger partial charge in [0.25, 0.3) is 0 Å². The van der Waals surface area contributed by atoms with E-state index in [1.807, 2.05) is 25.1 Å². The summed E-state index contributed by atoms with van der Waals surface area (Å²) in [6, 6.07) is 16.2. The summed E-state index contributed by atoms with van der Waals surface area (Å²) in [7, 11) is 0. The van der Waals surface area contributed by atoms with Crippen LogP contribution in [-0.2, 0) is 17.8 Å². The van der Waals surface area contributed by atoms with E-state index in [2.05, 4.69) is 15.1 Å². The summed E-state index contributed by atoms with van der Waals surface area (Å²) < 4.78 is 34.8. The number of hydrogen-bond donors (Lipinski definition) is 2. The van der Waals surface area contributed by atoms with Crippen molar-refractivity contribution in [3.05, 3.63) is 88.4 Å². The third kappa shape index (κ3) is 8.34. The molecule has 8 nitrogen and oxygen atoms in total. The Balaban J connectivity index is 1.16. The van der Waals surface area contributed by atoms with Gasteiger partial charge >= 0.3 is 6.09 Å². The highest BCUT2D eigenvalue weighted by atomic mass is 35.5. The van der Waals surface area contributed by atoms with Crippen LogP contribution in [-0.4, -0.2) is 90.3 Å². The zero-order valence-corrected chi connectivity index (χ0v) is 26.8. The van der Waals surface area contributed by atoms with Crippen molar-refractivity contribution < 1.29 is 28.2 Å². The number of benzene rings is 3. The van der Waals surface area contributed by atoms with Crippen LogP contribution in [0.3, 0.4) is 0 Å². The third-order valence-corrected chi connectivity index (χ3v) is 9.25. The van der Waals surface area contributed by atoms with Gasteiger partial charge in [0.1, 0.15) is 23.4 Å². The highest BCUT2D eigenvalue weighted by molar-refractivity contribution is 6.30. The lowest BCUT2D eigenvalue weighted by Gasteiger charge is -2.40. The van der Waals surface area contributed by atoms with Gasteiger partial charge < -0.3 is 25.0 Å². The number of ether oxygens (including phenoxy) is 1. The lowest BCUT2D eigenvalue weighted by Crippen LogP contribution is -2.58. The number of rotatable bonds is 11. The number of amides is 2. The fourth-order valence-electron chi connectivity index (χ4n) is 6.54. The summed E-state index contributed by atoms with van der Waals surface area (Å²) in [5, 5.41) is 12.7. The normalized spacial score (nSPS) is 17.1. The van der Waals surface area contributed by atoms with Gasteiger partial charge in [0.2, 0.25) is 5.91 Å². The largest absolute Gasteiger partial charge is 0.493 e. The van der Waals surface area contributed by atoms with Crippen molar-refractivity contribution in [3.63, 3.8) is 0 Å². The maximum Gasteiger partial charge on any atom is 0.405 e. The van der Waals surface area contributed by atoms with Crippen LogP contribution < -0.4 is 10.1 Å². The number of carbonyl (C=O) groups is 2. The molecule has 2 N–H and O–H groups in total. The van der Waals surface area contributed by atoms with Crippen molar-refractivity contribution in [1.82, 2.24) is 20.0 Å². The van der Waals surface area contributed by atoms with Crippen LogP contribution in [0.1, 0.15) is 30.9 Å². The topological polar surface area (TPSA) is 85.3 Å². The summed E-state index contributed by atoms with van der Waals surface area (Å²) in [4.78, 5) is 31.5. The molecule has 3 aromatic carbocycles. The molecule has 46 heavy (non-hydrogen) atoms. The fraction of sp³-hybridized carbons (Fsp3) is 0.429. The number of halogens is 3. The molecular formula is C35H41ClF2N4O4. The number of carboxylic acid groups (broad SMARTS) is 1. The molecule has 0 aromatic heterocycles. The zero-order chi connectivity index (χ0) is 32.6. The highest BCUT2D eigenvalue weighted by Gasteiger charge is 2.36. The smallest absolute Gasteiger partial charge is 0.405 e. The first kappa shape index (κ1) is 33.6. The van der Waals surface area contributed by atoms with Gasteiger partial charge in [-0.25, -0.2) is 13.6 Å². The first-order valence-corrected chi connectivity index (χ1v) is 16.3. The number of likely N-dealkylation sites (tertiary alicyclic amines) is 1. The maximum absolute atomic E-state index is 14.6. The van der Waals surface area contributed by atoms with Crippen molar-refractivity contribution in [2.45, 2.75) is 38.8 Å². The van der Waals surface area contributed by atoms with Crippen LogP contribution in [0.5, 0.6) is 5.75 Å². The van der Waals surface area contributed by atoms with Gasteiger partial charge in [0.05, 0.1) is 6.61 Å². The van der Waals surface area contributed by atoms with Crippen LogP contribution in [0.15, 0.2) is 60.7 Å². The van der Waals surface area contributed by atoms with E-state index in [1.165, 1.54) is 12.1 Å². The van der Waals surface area contributed by atoms with Crippen molar-refractivity contribution >= 4 is 23.6 Å². The molecule has 2 aliphatic rings. The summed E-state index contributed by atoms with van der Waals surface area (Å²) in [5.74, 6) is -0.424. The van der Waals surface area contributed by atoms with E-state index in [9.17, 15) is 23.5 Å². The molecule has 0 bridgehead atoms. The van der Waals surface area contributed by atoms with Crippen LogP contribution in [0.2, 0.25) is 5.02 Å². The minimum Gasteiger partial charge on any atom is -0.493 e. The Morgan fingerprint density at radius 2 is 1.65 bits per heavy atom. The Morgan fingerprint density at radius 3 is 2.35 bits per heavy atom. The number of hydrogen-bond acceptors (Lipinski definition) is 5. The minimum absolute atomic E-state index is 0.134. The number of piperidine rings is 1. The number of carbonyl (C=O) groups excluding carboxylic acids is 1. The van der Waals surface area contributed by atoms with E-state index in [0.717, 1.165) is 17.7 Å². The number of piperazine rings is 1. The average molecular weight is 655 g/mol. The van der Waals surface area contributed by atoms with E-state index in [4.69, 9.17) is 16.3 Å². The SMILES string of the molecule is CCOc1cccc(F)c1CN1CCN(C(=O)C(NC(=O)O)C2CCN(CCc3cc(Cl)ccc3-c3ccccc3F)CC2)CC1. The summed E-state index contributed by atoms with van der Waals surface area (Å²) in [6.07, 6.45) is 0.789. The molecule has 2 amide bonds. The molecular weight excluding hydrogens is 614 g/mol. The molecule has 0 saturated carbocycles. The van der Waals surface area contributed by atoms with Crippen LogP contribution >= 0.6 is 11.6 Å². The summed E-state index contributed by atoms with van der Waals surface area (Å²) in [6.45, 7) is 6.77. The number of nitrogens with one attached hydrogen (secondary N) is 1. The molecule has 0 aliphatic carbocycles. The molecule has 2 heterocycles. The Kier molecular flexibility index (Phi) is 11.5. The molecule has 1 unspecified atom stereocenters. The lowest BCUT2D eigenvalue weighted by molar-refractivity contribution is -0.137. The third-order valence-electron chi connectivity index (χ3n) is 9.02.